The summed E-state index contributed by atoms with van der Waals surface area (Å²) in [4.78, 5) is 16.1. The van der Waals surface area contributed by atoms with Crippen molar-refractivity contribution < 1.29 is 23.5 Å². The zero-order valence-corrected chi connectivity index (χ0v) is 13.7. The number of carbonyl (C=O) groups is 1. The van der Waals surface area contributed by atoms with E-state index in [2.05, 4.69) is 10.1 Å². The van der Waals surface area contributed by atoms with E-state index in [4.69, 9.17) is 18.7 Å². The maximum atomic E-state index is 12.0. The van der Waals surface area contributed by atoms with Crippen LogP contribution < -0.4 is 9.47 Å². The predicted octanol–water partition coefficient (Wildman–Crippen LogP) is 2.50. The number of ether oxygens (including phenoxy) is 3. The summed E-state index contributed by atoms with van der Waals surface area (Å²) in [6.07, 6.45) is 0.0817. The Kier molecular flexibility index (Phi) is 5.56. The average Bonchev–Trinajstić information content (AvgIpc) is 3.02. The second-order valence-electron chi connectivity index (χ2n) is 5.22. The van der Waals surface area contributed by atoms with Crippen molar-refractivity contribution in [2.45, 2.75) is 32.8 Å². The van der Waals surface area contributed by atoms with Crippen molar-refractivity contribution in [3.63, 3.8) is 0 Å². The monoisotopic (exact) mass is 320 g/mol. The normalized spacial score (nSPS) is 10.7. The predicted molar refractivity (Wildman–Crippen MR) is 81.4 cm³/mol. The van der Waals surface area contributed by atoms with E-state index in [-0.39, 0.29) is 24.8 Å². The minimum atomic E-state index is -0.405. The molecule has 1 aromatic carbocycles. The van der Waals surface area contributed by atoms with Gasteiger partial charge in [-0.05, 0) is 6.07 Å². The minimum absolute atomic E-state index is 0.0446. The molecule has 0 unspecified atom stereocenters. The van der Waals surface area contributed by atoms with Crippen molar-refractivity contribution in [1.82, 2.24) is 10.1 Å². The highest BCUT2D eigenvalue weighted by Gasteiger charge is 2.14. The van der Waals surface area contributed by atoms with Crippen LogP contribution in [0, 0.1) is 0 Å². The number of methoxy groups -OCH3 is 2. The fourth-order valence-corrected chi connectivity index (χ4v) is 1.91. The molecule has 0 saturated carbocycles. The van der Waals surface area contributed by atoms with Crippen LogP contribution in [0.25, 0.3) is 0 Å². The number of carbonyl (C=O) groups excluding carboxylic acids is 1. The third-order valence-electron chi connectivity index (χ3n) is 3.19. The van der Waals surface area contributed by atoms with Gasteiger partial charge < -0.3 is 18.7 Å². The van der Waals surface area contributed by atoms with E-state index in [1.807, 2.05) is 13.8 Å². The summed E-state index contributed by atoms with van der Waals surface area (Å²) in [6, 6.07) is 5.25. The Labute approximate surface area is 134 Å². The molecular weight excluding hydrogens is 300 g/mol. The summed E-state index contributed by atoms with van der Waals surface area (Å²) in [5.74, 6) is 1.85. The van der Waals surface area contributed by atoms with Crippen LogP contribution in [0.5, 0.6) is 11.5 Å². The summed E-state index contributed by atoms with van der Waals surface area (Å²) >= 11 is 0. The van der Waals surface area contributed by atoms with Crippen LogP contribution >= 0.6 is 0 Å². The molecule has 7 nitrogen and oxygen atoms in total. The molecule has 23 heavy (non-hydrogen) atoms. The fraction of sp³-hybridized carbons (Fsp3) is 0.438. The molecule has 0 spiro atoms. The first-order valence-electron chi connectivity index (χ1n) is 7.22. The van der Waals surface area contributed by atoms with E-state index in [1.54, 1.807) is 25.3 Å². The van der Waals surface area contributed by atoms with Gasteiger partial charge in [0.2, 0.25) is 0 Å². The molecule has 0 aliphatic heterocycles. The quantitative estimate of drug-likeness (QED) is 0.725. The molecule has 0 N–H and O–H groups in total. The van der Waals surface area contributed by atoms with Crippen molar-refractivity contribution in [2.24, 2.45) is 0 Å². The van der Waals surface area contributed by atoms with Crippen molar-refractivity contribution in [1.29, 1.82) is 0 Å². The van der Waals surface area contributed by atoms with Crippen LogP contribution in [0.15, 0.2) is 22.7 Å². The molecule has 2 aromatic rings. The lowest BCUT2D eigenvalue weighted by atomic mass is 10.1. The molecule has 124 valence electrons. The van der Waals surface area contributed by atoms with Gasteiger partial charge in [-0.25, -0.2) is 0 Å². The van der Waals surface area contributed by atoms with Crippen molar-refractivity contribution >= 4 is 5.97 Å². The highest BCUT2D eigenvalue weighted by molar-refractivity contribution is 5.73. The number of hydrogen-bond acceptors (Lipinski definition) is 7. The van der Waals surface area contributed by atoms with E-state index in [9.17, 15) is 4.79 Å². The van der Waals surface area contributed by atoms with E-state index in [1.165, 1.54) is 7.11 Å². The Morgan fingerprint density at radius 3 is 2.65 bits per heavy atom. The zero-order chi connectivity index (χ0) is 16.8. The summed E-state index contributed by atoms with van der Waals surface area (Å²) in [5, 5.41) is 3.81. The number of benzene rings is 1. The zero-order valence-electron chi connectivity index (χ0n) is 13.7. The molecule has 0 aliphatic rings. The van der Waals surface area contributed by atoms with Gasteiger partial charge in [0.05, 0.1) is 20.6 Å². The van der Waals surface area contributed by atoms with Gasteiger partial charge in [0.1, 0.15) is 11.5 Å². The number of nitrogens with zero attached hydrogens (tertiary/aromatic N) is 2. The van der Waals surface area contributed by atoms with Crippen molar-refractivity contribution in [2.75, 3.05) is 14.2 Å². The SMILES string of the molecule is COc1ccc(CC(=O)OCc2nc(C(C)C)no2)c(OC)c1. The molecule has 1 aromatic heterocycles. The Morgan fingerprint density at radius 2 is 2.04 bits per heavy atom. The van der Waals surface area contributed by atoms with Crippen molar-refractivity contribution in [3.05, 3.63) is 35.5 Å². The van der Waals surface area contributed by atoms with Gasteiger partial charge in [0.25, 0.3) is 5.89 Å². The molecule has 0 amide bonds. The third kappa shape index (κ3) is 4.45. The molecule has 0 bridgehead atoms. The van der Waals surface area contributed by atoms with E-state index in [0.717, 1.165) is 0 Å². The second kappa shape index (κ2) is 7.62. The molecule has 1 heterocycles. The lowest BCUT2D eigenvalue weighted by Crippen LogP contribution is -2.09. The molecule has 2 rings (SSSR count). The topological polar surface area (TPSA) is 83.7 Å². The third-order valence-corrected chi connectivity index (χ3v) is 3.19. The van der Waals surface area contributed by atoms with Gasteiger partial charge in [-0.15, -0.1) is 0 Å². The maximum Gasteiger partial charge on any atom is 0.310 e. The Balaban J connectivity index is 1.94. The largest absolute Gasteiger partial charge is 0.497 e. The van der Waals surface area contributed by atoms with Gasteiger partial charge in [-0.1, -0.05) is 25.1 Å². The second-order valence-corrected chi connectivity index (χ2v) is 5.22. The van der Waals surface area contributed by atoms with Gasteiger partial charge in [-0.3, -0.25) is 4.79 Å². The summed E-state index contributed by atoms with van der Waals surface area (Å²) < 4.78 is 20.6. The molecule has 0 fully saturated rings. The Hall–Kier alpha value is -2.57. The summed E-state index contributed by atoms with van der Waals surface area (Å²) in [6.45, 7) is 3.87. The van der Waals surface area contributed by atoms with Crippen LogP contribution in [0.3, 0.4) is 0 Å². The van der Waals surface area contributed by atoms with Gasteiger partial charge >= 0.3 is 5.97 Å². The first-order valence-corrected chi connectivity index (χ1v) is 7.22. The number of esters is 1. The molecule has 0 saturated heterocycles. The smallest absolute Gasteiger partial charge is 0.310 e. The van der Waals surface area contributed by atoms with Gasteiger partial charge in [0.15, 0.2) is 12.4 Å². The first-order chi connectivity index (χ1) is 11.0. The molecule has 0 aliphatic carbocycles. The lowest BCUT2D eigenvalue weighted by Gasteiger charge is -2.09. The highest BCUT2D eigenvalue weighted by Crippen LogP contribution is 2.25. The first kappa shape index (κ1) is 16.8. The molecule has 0 atom stereocenters. The van der Waals surface area contributed by atoms with Crippen LogP contribution in [-0.4, -0.2) is 30.3 Å². The summed E-state index contributed by atoms with van der Waals surface area (Å²) in [5.41, 5.74) is 0.715. The molecule has 0 radical (unpaired) electrons. The van der Waals surface area contributed by atoms with Crippen LogP contribution in [0.4, 0.5) is 0 Å². The average molecular weight is 320 g/mol. The van der Waals surface area contributed by atoms with Crippen LogP contribution in [0.2, 0.25) is 0 Å². The lowest BCUT2D eigenvalue weighted by molar-refractivity contribution is -0.144. The van der Waals surface area contributed by atoms with Crippen LogP contribution in [0.1, 0.15) is 37.0 Å². The maximum absolute atomic E-state index is 12.0. The molecular formula is C16H20N2O5. The highest BCUT2D eigenvalue weighted by atomic mass is 16.6. The Morgan fingerprint density at radius 1 is 1.26 bits per heavy atom. The number of aromatic nitrogens is 2. The van der Waals surface area contributed by atoms with Gasteiger partial charge in [-0.2, -0.15) is 4.98 Å². The van der Waals surface area contributed by atoms with Crippen molar-refractivity contribution in [3.8, 4) is 11.5 Å². The number of hydrogen-bond donors (Lipinski definition) is 0. The fourth-order valence-electron chi connectivity index (χ4n) is 1.91. The minimum Gasteiger partial charge on any atom is -0.497 e. The standard InChI is InChI=1S/C16H20N2O5/c1-10(2)16-17-14(23-18-16)9-22-15(19)7-11-5-6-12(20-3)8-13(11)21-4/h5-6,8,10H,7,9H2,1-4H3. The molecule has 7 heteroatoms. The Bertz CT molecular complexity index is 666. The van der Waals surface area contributed by atoms with E-state index < -0.39 is 5.97 Å². The van der Waals surface area contributed by atoms with E-state index in [0.29, 0.717) is 22.9 Å². The van der Waals surface area contributed by atoms with Gasteiger partial charge in [0, 0.05) is 17.5 Å². The number of rotatable bonds is 7. The van der Waals surface area contributed by atoms with Crippen LogP contribution in [-0.2, 0) is 22.6 Å². The van der Waals surface area contributed by atoms with E-state index >= 15 is 0 Å². The summed E-state index contributed by atoms with van der Waals surface area (Å²) in [7, 11) is 3.11.